The third-order valence-electron chi connectivity index (χ3n) is 1.70. The van der Waals surface area contributed by atoms with E-state index in [0.29, 0.717) is 0 Å². The first-order valence-electron chi connectivity index (χ1n) is 4.68. The molecule has 3 nitrogen and oxygen atoms in total. The third-order valence-corrected chi connectivity index (χ3v) is 1.70. The van der Waals surface area contributed by atoms with Crippen molar-refractivity contribution in [3.63, 3.8) is 0 Å². The van der Waals surface area contributed by atoms with Crippen LogP contribution in [-0.4, -0.2) is 15.8 Å². The van der Waals surface area contributed by atoms with Crippen molar-refractivity contribution in [3.05, 3.63) is 24.0 Å². The summed E-state index contributed by atoms with van der Waals surface area (Å²) in [5.41, 5.74) is 6.71. The number of nitrogens with two attached hydrogens (primary N) is 1. The fraction of sp³-hybridized carbons (Fsp3) is 0.500. The molecular formula is C10H17N3. The molecule has 0 radical (unpaired) electrons. The Morgan fingerprint density at radius 3 is 3.08 bits per heavy atom. The van der Waals surface area contributed by atoms with Gasteiger partial charge in [-0.2, -0.15) is 5.10 Å². The molecule has 0 bridgehead atoms. The van der Waals surface area contributed by atoms with Gasteiger partial charge in [0.1, 0.15) is 0 Å². The highest BCUT2D eigenvalue weighted by Gasteiger charge is 1.93. The molecule has 2 N–H and O–H groups in total. The number of nitrogens with zero attached hydrogens (tertiary/aromatic N) is 2. The summed E-state index contributed by atoms with van der Waals surface area (Å²) < 4.78 is 1.95. The summed E-state index contributed by atoms with van der Waals surface area (Å²) in [5, 5.41) is 4.21. The second-order valence-electron chi connectivity index (χ2n) is 3.25. The van der Waals surface area contributed by atoms with E-state index in [0.717, 1.165) is 18.5 Å². The zero-order chi connectivity index (χ0) is 9.68. The van der Waals surface area contributed by atoms with Gasteiger partial charge in [0.15, 0.2) is 0 Å². The van der Waals surface area contributed by atoms with Crippen molar-refractivity contribution in [2.24, 2.45) is 5.73 Å². The van der Waals surface area contributed by atoms with Crippen LogP contribution in [0.3, 0.4) is 0 Å². The van der Waals surface area contributed by atoms with E-state index in [2.05, 4.69) is 12.0 Å². The lowest BCUT2D eigenvalue weighted by atomic mass is 10.2. The van der Waals surface area contributed by atoms with Crippen molar-refractivity contribution in [1.82, 2.24) is 9.78 Å². The summed E-state index contributed by atoms with van der Waals surface area (Å²) in [7, 11) is 0. The average molecular weight is 179 g/mol. The minimum atomic E-state index is 0.106. The molecule has 0 aromatic carbocycles. The number of rotatable bonds is 4. The van der Waals surface area contributed by atoms with Crippen molar-refractivity contribution < 1.29 is 0 Å². The van der Waals surface area contributed by atoms with E-state index in [4.69, 9.17) is 5.73 Å². The highest BCUT2D eigenvalue weighted by Crippen LogP contribution is 2.01. The Morgan fingerprint density at radius 2 is 2.46 bits per heavy atom. The molecule has 13 heavy (non-hydrogen) atoms. The Labute approximate surface area is 79.2 Å². The molecule has 1 aromatic heterocycles. The summed E-state index contributed by atoms with van der Waals surface area (Å²) >= 11 is 0. The smallest absolute Gasteiger partial charge is 0.0562 e. The van der Waals surface area contributed by atoms with Crippen LogP contribution >= 0.6 is 0 Å². The Kier molecular flexibility index (Phi) is 3.71. The van der Waals surface area contributed by atoms with Gasteiger partial charge in [-0.1, -0.05) is 19.1 Å². The van der Waals surface area contributed by atoms with Crippen molar-refractivity contribution in [3.8, 4) is 0 Å². The van der Waals surface area contributed by atoms with Crippen molar-refractivity contribution in [1.29, 1.82) is 0 Å². The fourth-order valence-corrected chi connectivity index (χ4v) is 1.08. The number of aryl methyl sites for hydroxylation is 1. The molecule has 1 heterocycles. The van der Waals surface area contributed by atoms with Crippen LogP contribution in [0.5, 0.6) is 0 Å². The van der Waals surface area contributed by atoms with Gasteiger partial charge in [-0.25, -0.2) is 0 Å². The Balaban J connectivity index is 2.58. The Morgan fingerprint density at radius 1 is 1.69 bits per heavy atom. The highest BCUT2D eigenvalue weighted by atomic mass is 15.3. The maximum atomic E-state index is 5.59. The first-order chi connectivity index (χ1) is 6.22. The quantitative estimate of drug-likeness (QED) is 0.763. The monoisotopic (exact) mass is 179 g/mol. The van der Waals surface area contributed by atoms with Gasteiger partial charge in [-0.05, 0) is 13.3 Å². The van der Waals surface area contributed by atoms with Gasteiger partial charge in [0.25, 0.3) is 0 Å². The predicted molar refractivity (Wildman–Crippen MR) is 55.2 cm³/mol. The van der Waals surface area contributed by atoms with E-state index in [1.54, 1.807) is 0 Å². The second kappa shape index (κ2) is 4.82. The largest absolute Gasteiger partial charge is 0.325 e. The minimum absolute atomic E-state index is 0.106. The van der Waals surface area contributed by atoms with Gasteiger partial charge in [0, 0.05) is 24.3 Å². The van der Waals surface area contributed by atoms with Crippen molar-refractivity contribution in [2.45, 2.75) is 32.9 Å². The van der Waals surface area contributed by atoms with E-state index in [1.165, 1.54) is 0 Å². The molecule has 72 valence electrons. The molecule has 0 saturated heterocycles. The lowest BCUT2D eigenvalue weighted by Crippen LogP contribution is -2.09. The molecule has 1 aromatic rings. The lowest BCUT2D eigenvalue weighted by molar-refractivity contribution is 0.602. The first-order valence-corrected chi connectivity index (χ1v) is 4.68. The van der Waals surface area contributed by atoms with Gasteiger partial charge < -0.3 is 5.73 Å². The highest BCUT2D eigenvalue weighted by molar-refractivity contribution is 5.47. The SMILES string of the molecule is CCCn1cc(/C=C/C(C)N)cn1. The second-order valence-corrected chi connectivity index (χ2v) is 3.25. The predicted octanol–water partition coefficient (Wildman–Crippen LogP) is 1.65. The zero-order valence-electron chi connectivity index (χ0n) is 8.27. The molecule has 1 unspecified atom stereocenters. The fourth-order valence-electron chi connectivity index (χ4n) is 1.08. The Bertz CT molecular complexity index is 273. The van der Waals surface area contributed by atoms with Crippen LogP contribution in [0.15, 0.2) is 18.5 Å². The van der Waals surface area contributed by atoms with E-state index in [9.17, 15) is 0 Å². The summed E-state index contributed by atoms with van der Waals surface area (Å²) in [5.74, 6) is 0. The number of hydrogen-bond acceptors (Lipinski definition) is 2. The molecule has 1 atom stereocenters. The third kappa shape index (κ3) is 3.42. The van der Waals surface area contributed by atoms with Crippen LogP contribution in [0, 0.1) is 0 Å². The van der Waals surface area contributed by atoms with Gasteiger partial charge in [-0.15, -0.1) is 0 Å². The molecule has 0 aliphatic rings. The molecule has 0 fully saturated rings. The average Bonchev–Trinajstić information content (AvgIpc) is 2.50. The van der Waals surface area contributed by atoms with Crippen LogP contribution in [0.4, 0.5) is 0 Å². The maximum absolute atomic E-state index is 5.59. The van der Waals surface area contributed by atoms with Crippen LogP contribution in [-0.2, 0) is 6.54 Å². The van der Waals surface area contributed by atoms with Gasteiger partial charge in [0.2, 0.25) is 0 Å². The standard InChI is InChI=1S/C10H17N3/c1-3-6-13-8-10(7-12-13)5-4-9(2)11/h4-5,7-9H,3,6,11H2,1-2H3/b5-4+. The Hall–Kier alpha value is -1.09. The van der Waals surface area contributed by atoms with Crippen LogP contribution in [0.25, 0.3) is 6.08 Å². The molecule has 0 saturated carbocycles. The van der Waals surface area contributed by atoms with E-state index in [-0.39, 0.29) is 6.04 Å². The summed E-state index contributed by atoms with van der Waals surface area (Å²) in [6.45, 7) is 5.07. The van der Waals surface area contributed by atoms with Gasteiger partial charge in [0.05, 0.1) is 6.20 Å². The van der Waals surface area contributed by atoms with Gasteiger partial charge >= 0.3 is 0 Å². The molecule has 0 spiro atoms. The first kappa shape index (κ1) is 9.99. The molecular weight excluding hydrogens is 162 g/mol. The number of hydrogen-bond donors (Lipinski definition) is 1. The topological polar surface area (TPSA) is 43.8 Å². The van der Waals surface area contributed by atoms with E-state index < -0.39 is 0 Å². The zero-order valence-corrected chi connectivity index (χ0v) is 8.27. The van der Waals surface area contributed by atoms with Gasteiger partial charge in [-0.3, -0.25) is 4.68 Å². The summed E-state index contributed by atoms with van der Waals surface area (Å²) in [4.78, 5) is 0. The molecule has 1 rings (SSSR count). The van der Waals surface area contributed by atoms with Crippen molar-refractivity contribution in [2.75, 3.05) is 0 Å². The molecule has 0 aliphatic carbocycles. The number of aromatic nitrogens is 2. The lowest BCUT2D eigenvalue weighted by Gasteiger charge is -1.94. The van der Waals surface area contributed by atoms with Crippen LogP contribution < -0.4 is 5.73 Å². The van der Waals surface area contributed by atoms with Crippen LogP contribution in [0.1, 0.15) is 25.8 Å². The van der Waals surface area contributed by atoms with E-state index in [1.807, 2.05) is 36.2 Å². The summed E-state index contributed by atoms with van der Waals surface area (Å²) in [6.07, 6.45) is 8.96. The molecule has 3 heteroatoms. The molecule has 0 amide bonds. The minimum Gasteiger partial charge on any atom is -0.325 e. The normalized spacial score (nSPS) is 13.8. The van der Waals surface area contributed by atoms with E-state index >= 15 is 0 Å². The van der Waals surface area contributed by atoms with Crippen LogP contribution in [0.2, 0.25) is 0 Å². The summed E-state index contributed by atoms with van der Waals surface area (Å²) in [6, 6.07) is 0.106. The van der Waals surface area contributed by atoms with Crippen molar-refractivity contribution >= 4 is 6.08 Å². The maximum Gasteiger partial charge on any atom is 0.0562 e. The molecule has 0 aliphatic heterocycles.